The minimum atomic E-state index is -0.113. The van der Waals surface area contributed by atoms with E-state index in [4.69, 9.17) is 0 Å². The van der Waals surface area contributed by atoms with E-state index in [9.17, 15) is 4.79 Å². The molecule has 0 saturated carbocycles. The van der Waals surface area contributed by atoms with Gasteiger partial charge in [0.2, 0.25) is 0 Å². The number of carbonyl (C=O) groups excluding carboxylic acids is 1. The Morgan fingerprint density at radius 1 is 1.00 bits per heavy atom. The fourth-order valence-electron chi connectivity index (χ4n) is 3.72. The van der Waals surface area contributed by atoms with Crippen LogP contribution >= 0.6 is 0 Å². The zero-order valence-electron chi connectivity index (χ0n) is 18.6. The van der Waals surface area contributed by atoms with Gasteiger partial charge in [-0.15, -0.1) is 0 Å². The van der Waals surface area contributed by atoms with E-state index in [0.717, 1.165) is 31.0 Å². The summed E-state index contributed by atoms with van der Waals surface area (Å²) in [7, 11) is 2.10. The Bertz CT molecular complexity index is 1130. The first-order chi connectivity index (χ1) is 15.6. The Hall–Kier alpha value is -3.64. The SMILES string of the molecule is Cc1ccc(-n2ncc(C(=O)NCCCN(C)Cc3ccccc3)c2-n2cccc2)cc1. The smallest absolute Gasteiger partial charge is 0.256 e. The zero-order chi connectivity index (χ0) is 22.3. The van der Waals surface area contributed by atoms with Gasteiger partial charge in [-0.3, -0.25) is 4.79 Å². The Labute approximate surface area is 189 Å². The number of aryl methyl sites for hydroxylation is 1. The van der Waals surface area contributed by atoms with Crippen molar-refractivity contribution in [3.63, 3.8) is 0 Å². The van der Waals surface area contributed by atoms with Crippen LogP contribution in [0.1, 0.15) is 27.9 Å². The highest BCUT2D eigenvalue weighted by atomic mass is 16.1. The maximum absolute atomic E-state index is 13.0. The Kier molecular flexibility index (Phi) is 6.82. The van der Waals surface area contributed by atoms with Crippen molar-refractivity contribution in [1.82, 2.24) is 24.6 Å². The van der Waals surface area contributed by atoms with Gasteiger partial charge in [-0.05, 0) is 56.8 Å². The van der Waals surface area contributed by atoms with Crippen molar-refractivity contribution < 1.29 is 4.79 Å². The fraction of sp³-hybridized carbons (Fsp3) is 0.231. The molecule has 1 amide bonds. The molecular weight excluding hydrogens is 398 g/mol. The van der Waals surface area contributed by atoms with Crippen LogP contribution in [0.3, 0.4) is 0 Å². The first kappa shape index (κ1) is 21.6. The predicted molar refractivity (Wildman–Crippen MR) is 127 cm³/mol. The van der Waals surface area contributed by atoms with E-state index < -0.39 is 0 Å². The molecule has 6 heteroatoms. The third-order valence-electron chi connectivity index (χ3n) is 5.41. The van der Waals surface area contributed by atoms with E-state index in [1.54, 1.807) is 6.20 Å². The van der Waals surface area contributed by atoms with Crippen molar-refractivity contribution in [2.24, 2.45) is 0 Å². The van der Waals surface area contributed by atoms with E-state index in [-0.39, 0.29) is 5.91 Å². The molecule has 0 aliphatic rings. The molecule has 0 saturated heterocycles. The lowest BCUT2D eigenvalue weighted by atomic mass is 10.2. The molecule has 32 heavy (non-hydrogen) atoms. The maximum atomic E-state index is 13.0. The van der Waals surface area contributed by atoms with Gasteiger partial charge in [-0.1, -0.05) is 48.0 Å². The highest BCUT2D eigenvalue weighted by Gasteiger charge is 2.19. The Morgan fingerprint density at radius 3 is 2.44 bits per heavy atom. The topological polar surface area (TPSA) is 55.1 Å². The molecule has 0 radical (unpaired) electrons. The Balaban J connectivity index is 1.40. The Morgan fingerprint density at radius 2 is 1.72 bits per heavy atom. The monoisotopic (exact) mass is 427 g/mol. The molecule has 164 valence electrons. The van der Waals surface area contributed by atoms with Gasteiger partial charge in [0, 0.05) is 25.5 Å². The summed E-state index contributed by atoms with van der Waals surface area (Å²) in [4.78, 5) is 15.3. The molecule has 4 aromatic rings. The van der Waals surface area contributed by atoms with Gasteiger partial charge in [0.05, 0.1) is 11.9 Å². The van der Waals surface area contributed by atoms with Crippen LogP contribution < -0.4 is 5.32 Å². The van der Waals surface area contributed by atoms with E-state index in [1.165, 1.54) is 11.1 Å². The fourth-order valence-corrected chi connectivity index (χ4v) is 3.72. The van der Waals surface area contributed by atoms with Crippen LogP contribution in [0.4, 0.5) is 0 Å². The summed E-state index contributed by atoms with van der Waals surface area (Å²) in [5.74, 6) is 0.621. The van der Waals surface area contributed by atoms with Crippen LogP contribution in [-0.4, -0.2) is 45.3 Å². The number of nitrogens with one attached hydrogen (secondary N) is 1. The van der Waals surface area contributed by atoms with Crippen LogP contribution in [0, 0.1) is 6.92 Å². The quantitative estimate of drug-likeness (QED) is 0.407. The number of aromatic nitrogens is 3. The van der Waals surface area contributed by atoms with Crippen molar-refractivity contribution in [3.8, 4) is 11.5 Å². The van der Waals surface area contributed by atoms with Crippen molar-refractivity contribution in [3.05, 3.63) is 102 Å². The second kappa shape index (κ2) is 10.1. The largest absolute Gasteiger partial charge is 0.352 e. The average Bonchev–Trinajstić information content (AvgIpc) is 3.47. The zero-order valence-corrected chi connectivity index (χ0v) is 18.6. The summed E-state index contributed by atoms with van der Waals surface area (Å²) in [5, 5.41) is 7.59. The highest BCUT2D eigenvalue weighted by Crippen LogP contribution is 2.20. The number of hydrogen-bond acceptors (Lipinski definition) is 3. The standard InChI is InChI=1S/C26H29N5O/c1-21-11-13-23(14-12-21)31-26(30-17-6-7-18-30)24(19-28-31)25(32)27-15-8-16-29(2)20-22-9-4-3-5-10-22/h3-7,9-14,17-19H,8,15-16,20H2,1-2H3,(H,27,32). The van der Waals surface area contributed by atoms with Crippen LogP contribution in [-0.2, 0) is 6.54 Å². The van der Waals surface area contributed by atoms with E-state index >= 15 is 0 Å². The molecule has 2 aromatic carbocycles. The van der Waals surface area contributed by atoms with Gasteiger partial charge in [-0.2, -0.15) is 5.10 Å². The molecule has 0 aliphatic heterocycles. The number of hydrogen-bond donors (Lipinski definition) is 1. The molecule has 0 fully saturated rings. The van der Waals surface area contributed by atoms with E-state index in [1.807, 2.05) is 64.1 Å². The number of carbonyl (C=O) groups is 1. The molecule has 2 aromatic heterocycles. The number of amides is 1. The molecule has 2 heterocycles. The molecule has 0 spiro atoms. The van der Waals surface area contributed by atoms with E-state index in [2.05, 4.69) is 53.6 Å². The first-order valence-electron chi connectivity index (χ1n) is 10.9. The molecule has 4 rings (SSSR count). The average molecular weight is 428 g/mol. The first-order valence-corrected chi connectivity index (χ1v) is 10.9. The van der Waals surface area contributed by atoms with Crippen molar-refractivity contribution in [1.29, 1.82) is 0 Å². The minimum absolute atomic E-state index is 0.113. The van der Waals surface area contributed by atoms with Gasteiger partial charge in [0.25, 0.3) is 5.91 Å². The highest BCUT2D eigenvalue weighted by molar-refractivity contribution is 5.97. The minimum Gasteiger partial charge on any atom is -0.352 e. The van der Waals surface area contributed by atoms with Crippen LogP contribution in [0.25, 0.3) is 11.5 Å². The molecule has 0 atom stereocenters. The molecule has 0 unspecified atom stereocenters. The van der Waals surface area contributed by atoms with Crippen molar-refractivity contribution >= 4 is 5.91 Å². The van der Waals surface area contributed by atoms with Crippen LogP contribution in [0.2, 0.25) is 0 Å². The second-order valence-corrected chi connectivity index (χ2v) is 8.05. The lowest BCUT2D eigenvalue weighted by Crippen LogP contribution is -2.28. The summed E-state index contributed by atoms with van der Waals surface area (Å²) in [6.45, 7) is 4.47. The van der Waals surface area contributed by atoms with E-state index in [0.29, 0.717) is 12.1 Å². The van der Waals surface area contributed by atoms with Crippen molar-refractivity contribution in [2.45, 2.75) is 19.9 Å². The summed E-state index contributed by atoms with van der Waals surface area (Å²) in [6, 6.07) is 22.4. The maximum Gasteiger partial charge on any atom is 0.256 e. The third kappa shape index (κ3) is 5.15. The lowest BCUT2D eigenvalue weighted by molar-refractivity contribution is 0.0952. The van der Waals surface area contributed by atoms with Gasteiger partial charge in [0.1, 0.15) is 5.56 Å². The van der Waals surface area contributed by atoms with Crippen LogP contribution in [0.15, 0.2) is 85.3 Å². The second-order valence-electron chi connectivity index (χ2n) is 8.05. The lowest BCUT2D eigenvalue weighted by Gasteiger charge is -2.17. The summed E-state index contributed by atoms with van der Waals surface area (Å²) in [6.07, 6.45) is 6.38. The molecule has 1 N–H and O–H groups in total. The molecule has 0 bridgehead atoms. The third-order valence-corrected chi connectivity index (χ3v) is 5.41. The molecular formula is C26H29N5O. The molecule has 0 aliphatic carbocycles. The number of benzene rings is 2. The number of nitrogens with zero attached hydrogens (tertiary/aromatic N) is 4. The predicted octanol–water partition coefficient (Wildman–Crippen LogP) is 4.22. The summed E-state index contributed by atoms with van der Waals surface area (Å²) < 4.78 is 3.73. The van der Waals surface area contributed by atoms with Crippen molar-refractivity contribution in [2.75, 3.05) is 20.1 Å². The van der Waals surface area contributed by atoms with Gasteiger partial charge in [0.15, 0.2) is 5.82 Å². The van der Waals surface area contributed by atoms with Crippen LogP contribution in [0.5, 0.6) is 0 Å². The van der Waals surface area contributed by atoms with Gasteiger partial charge in [-0.25, -0.2) is 4.68 Å². The molecule has 6 nitrogen and oxygen atoms in total. The summed E-state index contributed by atoms with van der Waals surface area (Å²) in [5.41, 5.74) is 3.94. The van der Waals surface area contributed by atoms with Gasteiger partial charge >= 0.3 is 0 Å². The summed E-state index contributed by atoms with van der Waals surface area (Å²) >= 11 is 0. The normalized spacial score (nSPS) is 11.1. The number of rotatable bonds is 9. The van der Waals surface area contributed by atoms with Gasteiger partial charge < -0.3 is 14.8 Å².